The van der Waals surface area contributed by atoms with Gasteiger partial charge in [0.05, 0.1) is 9.72 Å². The largest absolute Gasteiger partial charge is 0.506 e. The van der Waals surface area contributed by atoms with E-state index in [0.29, 0.717) is 10.8 Å². The van der Waals surface area contributed by atoms with Crippen LogP contribution in [0.5, 0.6) is 5.75 Å². The Kier molecular flexibility index (Phi) is 1.51. The number of halogens is 1. The summed E-state index contributed by atoms with van der Waals surface area (Å²) in [5, 5.41) is 12.8. The Hall–Kier alpha value is -0.730. The molecule has 56 valence electrons. The molecule has 0 unspecified atom stereocenters. The Morgan fingerprint density at radius 2 is 2.18 bits per heavy atom. The fourth-order valence-corrected chi connectivity index (χ4v) is 2.20. The van der Waals surface area contributed by atoms with Crippen LogP contribution in [-0.4, -0.2) is 5.11 Å². The van der Waals surface area contributed by atoms with Gasteiger partial charge in [0.2, 0.25) is 0 Å². The van der Waals surface area contributed by atoms with Gasteiger partial charge < -0.3 is 5.11 Å². The molecule has 11 heavy (non-hydrogen) atoms. The van der Waals surface area contributed by atoms with Crippen molar-refractivity contribution in [2.75, 3.05) is 0 Å². The highest BCUT2D eigenvalue weighted by atomic mass is 35.5. The number of hydrogen-bond acceptors (Lipinski definition) is 2. The Bertz CT molecular complexity index is 394. The van der Waals surface area contributed by atoms with Gasteiger partial charge in [0.25, 0.3) is 0 Å². The third-order valence-electron chi connectivity index (χ3n) is 1.53. The van der Waals surface area contributed by atoms with E-state index in [-0.39, 0.29) is 0 Å². The van der Waals surface area contributed by atoms with Gasteiger partial charge in [0.15, 0.2) is 0 Å². The third-order valence-corrected chi connectivity index (χ3v) is 2.99. The minimum atomic E-state index is 0.305. The molecule has 0 bridgehead atoms. The third kappa shape index (κ3) is 0.988. The van der Waals surface area contributed by atoms with E-state index >= 15 is 0 Å². The highest BCUT2D eigenvalue weighted by molar-refractivity contribution is 7.18. The number of aromatic hydroxyl groups is 1. The summed E-state index contributed by atoms with van der Waals surface area (Å²) in [5.74, 6) is 0.305. The molecule has 2 aromatic rings. The minimum absolute atomic E-state index is 0.305. The lowest BCUT2D eigenvalue weighted by Crippen LogP contribution is -1.64. The molecule has 0 fully saturated rings. The second-order valence-corrected chi connectivity index (χ2v) is 3.52. The summed E-state index contributed by atoms with van der Waals surface area (Å²) in [4.78, 5) is 0. The van der Waals surface area contributed by atoms with Gasteiger partial charge in [-0.15, -0.1) is 11.3 Å². The smallest absolute Gasteiger partial charge is 0.133 e. The quantitative estimate of drug-likeness (QED) is 0.667. The van der Waals surface area contributed by atoms with Gasteiger partial charge >= 0.3 is 0 Å². The lowest BCUT2D eigenvalue weighted by atomic mass is 10.2. The lowest BCUT2D eigenvalue weighted by Gasteiger charge is -1.91. The van der Waals surface area contributed by atoms with E-state index in [1.165, 1.54) is 11.3 Å². The maximum atomic E-state index is 9.34. The van der Waals surface area contributed by atoms with Crippen LogP contribution in [0.25, 0.3) is 10.1 Å². The molecule has 1 N–H and O–H groups in total. The molecule has 1 aromatic carbocycles. The zero-order chi connectivity index (χ0) is 7.84. The molecular weight excluding hydrogens is 180 g/mol. The first-order chi connectivity index (χ1) is 5.29. The highest BCUT2D eigenvalue weighted by Gasteiger charge is 2.03. The number of benzene rings is 1. The molecule has 0 aliphatic carbocycles. The standard InChI is InChI=1S/C8H5ClOS/c9-6-4-11-8-5(6)2-1-3-7(8)10/h1-4,10H. The van der Waals surface area contributed by atoms with Crippen molar-refractivity contribution < 1.29 is 5.11 Å². The molecule has 1 aromatic heterocycles. The van der Waals surface area contributed by atoms with Crippen molar-refractivity contribution in [2.45, 2.75) is 0 Å². The summed E-state index contributed by atoms with van der Waals surface area (Å²) >= 11 is 7.30. The Morgan fingerprint density at radius 1 is 1.36 bits per heavy atom. The predicted molar refractivity (Wildman–Crippen MR) is 48.5 cm³/mol. The highest BCUT2D eigenvalue weighted by Crippen LogP contribution is 2.35. The topological polar surface area (TPSA) is 20.2 Å². The van der Waals surface area contributed by atoms with Crippen molar-refractivity contribution >= 4 is 33.0 Å². The maximum Gasteiger partial charge on any atom is 0.133 e. The summed E-state index contributed by atoms with van der Waals surface area (Å²) in [5.41, 5.74) is 0. The minimum Gasteiger partial charge on any atom is -0.506 e. The van der Waals surface area contributed by atoms with Gasteiger partial charge in [0.1, 0.15) is 5.75 Å². The van der Waals surface area contributed by atoms with E-state index < -0.39 is 0 Å². The van der Waals surface area contributed by atoms with Crippen LogP contribution < -0.4 is 0 Å². The van der Waals surface area contributed by atoms with Crippen molar-refractivity contribution in [3.8, 4) is 5.75 Å². The molecule has 3 heteroatoms. The molecule has 0 atom stereocenters. The molecule has 0 saturated heterocycles. The van der Waals surface area contributed by atoms with Crippen LogP contribution in [0, 0.1) is 0 Å². The van der Waals surface area contributed by atoms with E-state index in [2.05, 4.69) is 0 Å². The SMILES string of the molecule is Oc1cccc2c(Cl)csc12. The van der Waals surface area contributed by atoms with Gasteiger partial charge in [-0.25, -0.2) is 0 Å². The van der Waals surface area contributed by atoms with E-state index in [1.807, 2.05) is 11.4 Å². The first kappa shape index (κ1) is 6.95. The Morgan fingerprint density at radius 3 is 2.91 bits per heavy atom. The van der Waals surface area contributed by atoms with Crippen molar-refractivity contribution in [3.63, 3.8) is 0 Å². The van der Waals surface area contributed by atoms with Crippen molar-refractivity contribution in [1.29, 1.82) is 0 Å². The zero-order valence-corrected chi connectivity index (χ0v) is 7.12. The van der Waals surface area contributed by atoms with Crippen LogP contribution in [-0.2, 0) is 0 Å². The number of rotatable bonds is 0. The monoisotopic (exact) mass is 184 g/mol. The van der Waals surface area contributed by atoms with Gasteiger partial charge in [-0.3, -0.25) is 0 Å². The molecular formula is C8H5ClOS. The maximum absolute atomic E-state index is 9.34. The molecule has 0 aliphatic heterocycles. The molecule has 1 nitrogen and oxygen atoms in total. The average molecular weight is 185 g/mol. The Labute approximate surface area is 72.9 Å². The van der Waals surface area contributed by atoms with Crippen LogP contribution in [0.1, 0.15) is 0 Å². The molecule has 0 aliphatic rings. The molecule has 0 spiro atoms. The normalized spacial score (nSPS) is 10.6. The van der Waals surface area contributed by atoms with Crippen molar-refractivity contribution in [1.82, 2.24) is 0 Å². The van der Waals surface area contributed by atoms with E-state index in [1.54, 1.807) is 12.1 Å². The molecule has 0 radical (unpaired) electrons. The molecule has 0 amide bonds. The first-order valence-electron chi connectivity index (χ1n) is 3.14. The summed E-state index contributed by atoms with van der Waals surface area (Å²) < 4.78 is 0.859. The number of hydrogen-bond donors (Lipinski definition) is 1. The van der Waals surface area contributed by atoms with Crippen molar-refractivity contribution in [3.05, 3.63) is 28.6 Å². The fraction of sp³-hybridized carbons (Fsp3) is 0. The average Bonchev–Trinajstić information content (AvgIpc) is 2.35. The van der Waals surface area contributed by atoms with Gasteiger partial charge in [0, 0.05) is 10.8 Å². The van der Waals surface area contributed by atoms with E-state index in [0.717, 1.165) is 10.1 Å². The van der Waals surface area contributed by atoms with Crippen LogP contribution in [0.3, 0.4) is 0 Å². The zero-order valence-electron chi connectivity index (χ0n) is 5.54. The van der Waals surface area contributed by atoms with E-state index in [4.69, 9.17) is 11.6 Å². The number of phenolic OH excluding ortho intramolecular Hbond substituents is 1. The second kappa shape index (κ2) is 2.40. The van der Waals surface area contributed by atoms with Gasteiger partial charge in [-0.1, -0.05) is 23.7 Å². The van der Waals surface area contributed by atoms with Crippen LogP contribution >= 0.6 is 22.9 Å². The molecule has 2 rings (SSSR count). The fourth-order valence-electron chi connectivity index (χ4n) is 1.01. The van der Waals surface area contributed by atoms with E-state index in [9.17, 15) is 5.11 Å². The molecule has 1 heterocycles. The summed E-state index contributed by atoms with van der Waals surface area (Å²) in [6.45, 7) is 0. The van der Waals surface area contributed by atoms with Gasteiger partial charge in [-0.2, -0.15) is 0 Å². The molecule has 0 saturated carbocycles. The number of fused-ring (bicyclic) bond motifs is 1. The first-order valence-corrected chi connectivity index (χ1v) is 4.39. The summed E-state index contributed by atoms with van der Waals surface area (Å²) in [6.07, 6.45) is 0. The number of phenols is 1. The lowest BCUT2D eigenvalue weighted by molar-refractivity contribution is 0.482. The number of thiophene rings is 1. The van der Waals surface area contributed by atoms with Crippen LogP contribution in [0.15, 0.2) is 23.6 Å². The van der Waals surface area contributed by atoms with Crippen LogP contribution in [0.2, 0.25) is 5.02 Å². The van der Waals surface area contributed by atoms with Crippen LogP contribution in [0.4, 0.5) is 0 Å². The summed E-state index contributed by atoms with van der Waals surface area (Å²) in [6, 6.07) is 5.35. The second-order valence-electron chi connectivity index (χ2n) is 2.24. The van der Waals surface area contributed by atoms with Crippen molar-refractivity contribution in [2.24, 2.45) is 0 Å². The summed E-state index contributed by atoms with van der Waals surface area (Å²) in [7, 11) is 0. The Balaban J connectivity index is 2.94. The predicted octanol–water partition coefficient (Wildman–Crippen LogP) is 3.26. The van der Waals surface area contributed by atoms with Gasteiger partial charge in [-0.05, 0) is 6.07 Å².